The molecular weight excluding hydrogens is 1340 g/mol. The van der Waals surface area contributed by atoms with E-state index in [2.05, 4.69) is 129 Å². The Morgan fingerprint density at radius 2 is 0.645 bits per heavy atom. The number of rotatable bonds is 75. The molecule has 107 heavy (non-hydrogen) atoms. The van der Waals surface area contributed by atoms with Gasteiger partial charge in [-0.15, -0.1) is 0 Å². The molecule has 12 unspecified atom stereocenters. The van der Waals surface area contributed by atoms with Crippen molar-refractivity contribution in [2.45, 2.75) is 453 Å². The molecule has 0 aromatic carbocycles. The highest BCUT2D eigenvalue weighted by molar-refractivity contribution is 5.76. The van der Waals surface area contributed by atoms with E-state index in [4.69, 9.17) is 18.9 Å². The third-order valence-electron chi connectivity index (χ3n) is 21.3. The van der Waals surface area contributed by atoms with E-state index in [1.165, 1.54) is 238 Å². The lowest BCUT2D eigenvalue weighted by molar-refractivity contribution is -0.359. The van der Waals surface area contributed by atoms with Crippen molar-refractivity contribution >= 4 is 5.91 Å². The van der Waals surface area contributed by atoms with E-state index in [0.29, 0.717) is 12.8 Å². The van der Waals surface area contributed by atoms with E-state index in [0.717, 1.165) is 116 Å². The van der Waals surface area contributed by atoms with Crippen molar-refractivity contribution in [2.24, 2.45) is 0 Å². The topological polar surface area (TPSA) is 228 Å². The first-order chi connectivity index (χ1) is 52.6. The normalized spacial score (nSPS) is 21.7. The fraction of sp³-hybridized carbons (Fsp3) is 0.796. The van der Waals surface area contributed by atoms with E-state index >= 15 is 0 Å². The summed E-state index contributed by atoms with van der Waals surface area (Å²) >= 11 is 0. The molecule has 0 spiro atoms. The molecule has 9 N–H and O–H groups in total. The predicted octanol–water partition coefficient (Wildman–Crippen LogP) is 21.8. The molecule has 1 amide bonds. The fourth-order valence-electron chi connectivity index (χ4n) is 14.3. The Morgan fingerprint density at radius 3 is 0.991 bits per heavy atom. The first kappa shape index (κ1) is 99.7. The van der Waals surface area contributed by atoms with E-state index in [-0.39, 0.29) is 12.5 Å². The van der Waals surface area contributed by atoms with Crippen LogP contribution in [0.5, 0.6) is 0 Å². The van der Waals surface area contributed by atoms with E-state index in [1.54, 1.807) is 0 Å². The maximum absolute atomic E-state index is 13.4. The number of carbonyl (C=O) groups is 1. The van der Waals surface area contributed by atoms with Gasteiger partial charge in [0, 0.05) is 6.42 Å². The largest absolute Gasteiger partial charge is 0.394 e. The quantitative estimate of drug-likeness (QED) is 0.0204. The summed E-state index contributed by atoms with van der Waals surface area (Å²) in [4.78, 5) is 13.4. The van der Waals surface area contributed by atoms with Crippen molar-refractivity contribution in [3.05, 3.63) is 109 Å². The van der Waals surface area contributed by atoms with Crippen molar-refractivity contribution in [3.8, 4) is 0 Å². The van der Waals surface area contributed by atoms with Crippen LogP contribution in [0.4, 0.5) is 0 Å². The van der Waals surface area contributed by atoms with Crippen molar-refractivity contribution < 1.29 is 64.6 Å². The molecule has 2 saturated heterocycles. The molecule has 14 nitrogen and oxygen atoms in total. The van der Waals surface area contributed by atoms with E-state index in [9.17, 15) is 45.6 Å². The zero-order valence-corrected chi connectivity index (χ0v) is 68.4. The van der Waals surface area contributed by atoms with Crippen LogP contribution in [0.2, 0.25) is 0 Å². The lowest BCUT2D eigenvalue weighted by atomic mass is 9.97. The van der Waals surface area contributed by atoms with E-state index in [1.807, 2.05) is 0 Å². The van der Waals surface area contributed by atoms with Gasteiger partial charge in [0.25, 0.3) is 0 Å². The molecule has 2 heterocycles. The van der Waals surface area contributed by atoms with Gasteiger partial charge in [-0.05, 0) is 83.5 Å². The maximum atomic E-state index is 13.4. The molecule has 12 atom stereocenters. The first-order valence-electron chi connectivity index (χ1n) is 44.6. The molecule has 0 saturated carbocycles. The number of nitrogens with one attached hydrogen (secondary N) is 1. The Kier molecular flexibility index (Phi) is 70.2. The summed E-state index contributed by atoms with van der Waals surface area (Å²) in [6, 6.07) is -0.838. The highest BCUT2D eigenvalue weighted by Crippen LogP contribution is 2.31. The summed E-state index contributed by atoms with van der Waals surface area (Å²) in [5.41, 5.74) is 0. The third kappa shape index (κ3) is 57.4. The molecular formula is C93H165NO13. The number of ether oxygens (including phenoxy) is 4. The molecule has 0 radical (unpaired) electrons. The Labute approximate surface area is 655 Å². The van der Waals surface area contributed by atoms with Crippen molar-refractivity contribution in [1.29, 1.82) is 0 Å². The van der Waals surface area contributed by atoms with Crippen molar-refractivity contribution in [1.82, 2.24) is 5.32 Å². The second-order valence-corrected chi connectivity index (χ2v) is 31.0. The smallest absolute Gasteiger partial charge is 0.220 e. The minimum absolute atomic E-state index is 0.206. The minimum atomic E-state index is -1.79. The molecule has 0 aromatic rings. The van der Waals surface area contributed by atoms with Gasteiger partial charge >= 0.3 is 0 Å². The average molecular weight is 1510 g/mol. The number of aliphatic hydroxyl groups excluding tert-OH is 8. The fourth-order valence-corrected chi connectivity index (χ4v) is 14.3. The van der Waals surface area contributed by atoms with Crippen LogP contribution in [0.3, 0.4) is 0 Å². The van der Waals surface area contributed by atoms with Gasteiger partial charge in [0.1, 0.15) is 48.8 Å². The first-order valence-corrected chi connectivity index (χ1v) is 44.6. The minimum Gasteiger partial charge on any atom is -0.394 e. The number of hydrogen-bond donors (Lipinski definition) is 9. The van der Waals surface area contributed by atoms with Gasteiger partial charge in [-0.2, -0.15) is 0 Å². The zero-order chi connectivity index (χ0) is 77.2. The van der Waals surface area contributed by atoms with Crippen LogP contribution in [0, 0.1) is 0 Å². The van der Waals surface area contributed by atoms with Crippen LogP contribution in [0.15, 0.2) is 109 Å². The van der Waals surface area contributed by atoms with Gasteiger partial charge in [-0.1, -0.05) is 399 Å². The summed E-state index contributed by atoms with van der Waals surface area (Å²) in [7, 11) is 0. The number of carbonyl (C=O) groups excluding carboxylic acids is 1. The SMILES string of the molecule is CC/C=C\C/C=C\C/C=C\C/C=C\C/C=C\C/C=C\C/C=C\C/C=C\C/C=C\CCCCCCCCCCCCCCCC(=O)NC(COC1OC(CO)C(OC2OC(CO)C(O)C(O)C2O)C(O)C1O)C(O)CCCCCCCCCCCCCCCCCCCCCCCCCCCCCCCCCC. The van der Waals surface area contributed by atoms with Crippen LogP contribution >= 0.6 is 0 Å². The zero-order valence-electron chi connectivity index (χ0n) is 68.4. The highest BCUT2D eigenvalue weighted by atomic mass is 16.7. The van der Waals surface area contributed by atoms with Gasteiger partial charge in [0.15, 0.2) is 12.6 Å². The highest BCUT2D eigenvalue weighted by Gasteiger charge is 2.51. The number of unbranched alkanes of at least 4 members (excludes halogenated alkanes) is 44. The molecule has 14 heteroatoms. The molecule has 0 bridgehead atoms. The molecule has 0 aromatic heterocycles. The summed E-state index contributed by atoms with van der Waals surface area (Å²) in [6.45, 7) is 2.80. The van der Waals surface area contributed by atoms with Gasteiger partial charge in [-0.3, -0.25) is 4.79 Å². The second kappa shape index (κ2) is 75.3. The standard InChI is InChI=1S/C93H165NO13/c1-3-5-7-9-11-13-15-17-19-21-23-25-27-29-31-33-35-37-38-39-40-41-42-43-44-45-47-49-51-53-55-57-59-61-63-65-67-69-71-73-75-77-85(98)94-81(80-104-92-90(103)88(101)91(84(79-96)106-92)107-93-89(102)87(100)86(99)83(78-95)105-93)82(97)76-74-72-70-68-66-64-62-60-58-56-54-52-50-48-46-36-34-32-30-28-26-24-22-20-18-16-14-12-10-8-6-4-2/h5,7,11,13,17,19,23,25,29,31,35,37,39-40,42-43,45,47,81-84,86-93,95-97,99-103H,3-4,6,8-10,12,14-16,18,20-22,24,26-28,30,32-34,36,38,41,44,46,48-80H2,1-2H3,(H,94,98)/b7-5-,13-11-,19-17-,25-23-,31-29-,37-35-,40-39-,43-42-,47-45-. The molecule has 2 fully saturated rings. The Morgan fingerprint density at radius 1 is 0.346 bits per heavy atom. The molecule has 620 valence electrons. The lowest BCUT2D eigenvalue weighted by Crippen LogP contribution is -2.65. The van der Waals surface area contributed by atoms with Gasteiger partial charge in [-0.25, -0.2) is 0 Å². The number of hydrogen-bond acceptors (Lipinski definition) is 13. The number of amides is 1. The summed E-state index contributed by atoms with van der Waals surface area (Å²) < 4.78 is 23.0. The Bertz CT molecular complexity index is 2220. The molecule has 0 aliphatic carbocycles. The lowest BCUT2D eigenvalue weighted by Gasteiger charge is -2.46. The van der Waals surface area contributed by atoms with E-state index < -0.39 is 86.8 Å². The van der Waals surface area contributed by atoms with Gasteiger partial charge in [0.2, 0.25) is 5.91 Å². The number of allylic oxidation sites excluding steroid dienone is 18. The van der Waals surface area contributed by atoms with Crippen LogP contribution in [0.25, 0.3) is 0 Å². The number of aliphatic hydroxyl groups is 8. The van der Waals surface area contributed by atoms with Crippen LogP contribution in [-0.2, 0) is 23.7 Å². The van der Waals surface area contributed by atoms with Gasteiger partial charge < -0.3 is 65.1 Å². The third-order valence-corrected chi connectivity index (χ3v) is 21.3. The summed E-state index contributed by atoms with van der Waals surface area (Å²) in [6.07, 6.45) is 92.9. The Hall–Kier alpha value is -3.35. The second-order valence-electron chi connectivity index (χ2n) is 31.0. The summed E-state index contributed by atoms with van der Waals surface area (Å²) in [5, 5.41) is 88.1. The van der Waals surface area contributed by atoms with Crippen molar-refractivity contribution in [3.63, 3.8) is 0 Å². The van der Waals surface area contributed by atoms with Crippen LogP contribution in [0.1, 0.15) is 380 Å². The summed E-state index contributed by atoms with van der Waals surface area (Å²) in [5.74, 6) is -0.206. The Balaban J connectivity index is 1.57. The molecule has 2 aliphatic rings. The van der Waals surface area contributed by atoms with Crippen LogP contribution < -0.4 is 5.32 Å². The molecule has 2 rings (SSSR count). The maximum Gasteiger partial charge on any atom is 0.220 e. The average Bonchev–Trinajstić information content (AvgIpc) is 0.789. The predicted molar refractivity (Wildman–Crippen MR) is 447 cm³/mol. The van der Waals surface area contributed by atoms with Crippen LogP contribution in [-0.4, -0.2) is 140 Å². The molecule has 2 aliphatic heterocycles. The van der Waals surface area contributed by atoms with Gasteiger partial charge in [0.05, 0.1) is 32.0 Å². The van der Waals surface area contributed by atoms with Crippen molar-refractivity contribution in [2.75, 3.05) is 19.8 Å². The monoisotopic (exact) mass is 1500 g/mol.